The number of aromatic nitrogens is 2. The molecule has 0 aliphatic rings. The quantitative estimate of drug-likeness (QED) is 0.750. The maximum absolute atomic E-state index is 6.17. The molecule has 3 aromatic rings. The fourth-order valence-electron chi connectivity index (χ4n) is 2.16. The molecule has 4 nitrogen and oxygen atoms in total. The number of furan rings is 1. The Kier molecular flexibility index (Phi) is 2.45. The first-order chi connectivity index (χ1) is 8.66. The zero-order valence-electron chi connectivity index (χ0n) is 10.4. The minimum atomic E-state index is -0.244. The normalized spacial score (nSPS) is 13.1. The minimum absolute atomic E-state index is 0.244. The minimum Gasteiger partial charge on any atom is -0.467 e. The summed E-state index contributed by atoms with van der Waals surface area (Å²) in [6.45, 7) is 1.99. The van der Waals surface area contributed by atoms with E-state index in [0.29, 0.717) is 0 Å². The number of hydrogen-bond donors (Lipinski definition) is 1. The Morgan fingerprint density at radius 2 is 2.17 bits per heavy atom. The molecular formula is C14H15N3O. The van der Waals surface area contributed by atoms with Crippen LogP contribution >= 0.6 is 0 Å². The van der Waals surface area contributed by atoms with Crippen molar-refractivity contribution in [1.82, 2.24) is 9.55 Å². The lowest BCUT2D eigenvalue weighted by Crippen LogP contribution is -2.10. The van der Waals surface area contributed by atoms with Crippen molar-refractivity contribution in [3.05, 3.63) is 53.7 Å². The Bertz CT molecular complexity index is 682. The molecule has 1 unspecified atom stereocenters. The Morgan fingerprint density at radius 1 is 1.33 bits per heavy atom. The smallest absolute Gasteiger partial charge is 0.124 e. The van der Waals surface area contributed by atoms with Crippen LogP contribution in [0.3, 0.4) is 0 Å². The molecule has 0 aliphatic carbocycles. The van der Waals surface area contributed by atoms with E-state index in [0.717, 1.165) is 28.2 Å². The van der Waals surface area contributed by atoms with Crippen LogP contribution in [0.25, 0.3) is 11.0 Å². The summed E-state index contributed by atoms with van der Waals surface area (Å²) >= 11 is 0. The highest BCUT2D eigenvalue weighted by atomic mass is 16.3. The van der Waals surface area contributed by atoms with Gasteiger partial charge in [0.15, 0.2) is 0 Å². The number of nitrogens with zero attached hydrogens (tertiary/aromatic N) is 2. The molecule has 0 spiro atoms. The molecule has 1 atom stereocenters. The number of hydrogen-bond acceptors (Lipinski definition) is 3. The summed E-state index contributed by atoms with van der Waals surface area (Å²) in [5.41, 5.74) is 9.26. The lowest BCUT2D eigenvalue weighted by molar-refractivity contribution is 0.490. The van der Waals surface area contributed by atoms with Gasteiger partial charge < -0.3 is 14.7 Å². The second-order valence-corrected chi connectivity index (χ2v) is 4.46. The van der Waals surface area contributed by atoms with Crippen LogP contribution in [-0.4, -0.2) is 9.55 Å². The van der Waals surface area contributed by atoms with Crippen molar-refractivity contribution >= 4 is 11.0 Å². The van der Waals surface area contributed by atoms with Crippen molar-refractivity contribution in [2.75, 3.05) is 0 Å². The van der Waals surface area contributed by atoms with Crippen molar-refractivity contribution in [3.63, 3.8) is 0 Å². The standard InChI is InChI=1S/C14H15N3O/c1-9-16-11-8-10(5-6-12(11)17(9)2)14(15)13-4-3-7-18-13/h3-8,14H,15H2,1-2H3. The van der Waals surface area contributed by atoms with E-state index in [1.807, 2.05) is 44.3 Å². The summed E-state index contributed by atoms with van der Waals surface area (Å²) in [7, 11) is 2.01. The van der Waals surface area contributed by atoms with Crippen molar-refractivity contribution in [3.8, 4) is 0 Å². The Labute approximate surface area is 105 Å². The maximum atomic E-state index is 6.17. The summed E-state index contributed by atoms with van der Waals surface area (Å²) in [5.74, 6) is 1.76. The molecule has 4 heteroatoms. The number of aryl methyl sites for hydroxylation is 2. The first kappa shape index (κ1) is 11.0. The fourth-order valence-corrected chi connectivity index (χ4v) is 2.16. The van der Waals surface area contributed by atoms with Gasteiger partial charge in [0.25, 0.3) is 0 Å². The average Bonchev–Trinajstić information content (AvgIpc) is 2.98. The largest absolute Gasteiger partial charge is 0.467 e. The second-order valence-electron chi connectivity index (χ2n) is 4.46. The molecule has 18 heavy (non-hydrogen) atoms. The van der Waals surface area contributed by atoms with Crippen LogP contribution in [0.1, 0.15) is 23.2 Å². The van der Waals surface area contributed by atoms with Gasteiger partial charge in [-0.1, -0.05) is 6.07 Å². The predicted octanol–water partition coefficient (Wildman–Crippen LogP) is 2.52. The molecule has 0 fully saturated rings. The Balaban J connectivity index is 2.08. The zero-order chi connectivity index (χ0) is 12.7. The van der Waals surface area contributed by atoms with Crippen LogP contribution in [0.4, 0.5) is 0 Å². The molecule has 2 aromatic heterocycles. The lowest BCUT2D eigenvalue weighted by Gasteiger charge is -2.09. The predicted molar refractivity (Wildman–Crippen MR) is 70.2 cm³/mol. The summed E-state index contributed by atoms with van der Waals surface area (Å²) in [6, 6.07) is 9.59. The van der Waals surface area contributed by atoms with Gasteiger partial charge in [0.2, 0.25) is 0 Å². The van der Waals surface area contributed by atoms with Gasteiger partial charge in [-0.3, -0.25) is 0 Å². The zero-order valence-corrected chi connectivity index (χ0v) is 10.4. The van der Waals surface area contributed by atoms with E-state index < -0.39 is 0 Å². The summed E-state index contributed by atoms with van der Waals surface area (Å²) in [5, 5.41) is 0. The molecule has 2 N–H and O–H groups in total. The van der Waals surface area contributed by atoms with Crippen LogP contribution in [-0.2, 0) is 7.05 Å². The third-order valence-corrected chi connectivity index (χ3v) is 3.34. The first-order valence-corrected chi connectivity index (χ1v) is 5.89. The number of fused-ring (bicyclic) bond motifs is 1. The SMILES string of the molecule is Cc1nc2cc(C(N)c3ccco3)ccc2n1C. The lowest BCUT2D eigenvalue weighted by atomic mass is 10.1. The molecule has 0 bridgehead atoms. The fraction of sp³-hybridized carbons (Fsp3) is 0.214. The van der Waals surface area contributed by atoms with E-state index in [4.69, 9.17) is 10.2 Å². The van der Waals surface area contributed by atoms with E-state index in [1.54, 1.807) is 6.26 Å². The van der Waals surface area contributed by atoms with Gasteiger partial charge in [-0.05, 0) is 36.8 Å². The number of rotatable bonds is 2. The van der Waals surface area contributed by atoms with E-state index in [2.05, 4.69) is 9.55 Å². The van der Waals surface area contributed by atoms with Crippen molar-refractivity contribution in [1.29, 1.82) is 0 Å². The molecule has 0 radical (unpaired) electrons. The molecule has 0 saturated heterocycles. The average molecular weight is 241 g/mol. The van der Waals surface area contributed by atoms with Gasteiger partial charge in [0, 0.05) is 7.05 Å². The van der Waals surface area contributed by atoms with Crippen LogP contribution in [0, 0.1) is 6.92 Å². The van der Waals surface area contributed by atoms with Crippen LogP contribution < -0.4 is 5.73 Å². The number of imidazole rings is 1. The van der Waals surface area contributed by atoms with E-state index in [1.165, 1.54) is 0 Å². The third kappa shape index (κ3) is 1.62. The highest BCUT2D eigenvalue weighted by Gasteiger charge is 2.13. The van der Waals surface area contributed by atoms with Crippen molar-refractivity contribution in [2.45, 2.75) is 13.0 Å². The van der Waals surface area contributed by atoms with Gasteiger partial charge in [-0.2, -0.15) is 0 Å². The molecule has 1 aromatic carbocycles. The Hall–Kier alpha value is -2.07. The van der Waals surface area contributed by atoms with Crippen molar-refractivity contribution in [2.24, 2.45) is 12.8 Å². The van der Waals surface area contributed by atoms with Gasteiger partial charge >= 0.3 is 0 Å². The topological polar surface area (TPSA) is 57.0 Å². The molecule has 0 saturated carbocycles. The summed E-state index contributed by atoms with van der Waals surface area (Å²) in [6.07, 6.45) is 1.64. The number of nitrogens with two attached hydrogens (primary N) is 1. The van der Waals surface area contributed by atoms with Gasteiger partial charge in [0.1, 0.15) is 11.6 Å². The van der Waals surface area contributed by atoms with E-state index >= 15 is 0 Å². The third-order valence-electron chi connectivity index (χ3n) is 3.34. The molecule has 3 rings (SSSR count). The molecule has 2 heterocycles. The molecular weight excluding hydrogens is 226 g/mol. The van der Waals surface area contributed by atoms with Crippen LogP contribution in [0.15, 0.2) is 41.0 Å². The van der Waals surface area contributed by atoms with Gasteiger partial charge in [-0.15, -0.1) is 0 Å². The first-order valence-electron chi connectivity index (χ1n) is 5.89. The number of benzene rings is 1. The Morgan fingerprint density at radius 3 is 2.89 bits per heavy atom. The highest BCUT2D eigenvalue weighted by Crippen LogP contribution is 2.24. The molecule has 0 amide bonds. The van der Waals surface area contributed by atoms with E-state index in [9.17, 15) is 0 Å². The van der Waals surface area contributed by atoms with Crippen LogP contribution in [0.5, 0.6) is 0 Å². The van der Waals surface area contributed by atoms with E-state index in [-0.39, 0.29) is 6.04 Å². The highest BCUT2D eigenvalue weighted by molar-refractivity contribution is 5.77. The molecule has 92 valence electrons. The second kappa shape index (κ2) is 3.99. The summed E-state index contributed by atoms with van der Waals surface area (Å²) in [4.78, 5) is 4.51. The molecule has 0 aliphatic heterocycles. The van der Waals surface area contributed by atoms with Crippen LogP contribution in [0.2, 0.25) is 0 Å². The van der Waals surface area contributed by atoms with Gasteiger partial charge in [0.05, 0.1) is 23.3 Å². The van der Waals surface area contributed by atoms with Crippen molar-refractivity contribution < 1.29 is 4.42 Å². The monoisotopic (exact) mass is 241 g/mol. The summed E-state index contributed by atoms with van der Waals surface area (Å²) < 4.78 is 7.41. The maximum Gasteiger partial charge on any atom is 0.124 e. The van der Waals surface area contributed by atoms with Gasteiger partial charge in [-0.25, -0.2) is 4.98 Å².